The van der Waals surface area contributed by atoms with E-state index in [2.05, 4.69) is 46.4 Å². The van der Waals surface area contributed by atoms with Gasteiger partial charge >= 0.3 is 0 Å². The van der Waals surface area contributed by atoms with E-state index in [-0.39, 0.29) is 18.0 Å². The molecular weight excluding hydrogens is 465 g/mol. The molecule has 0 saturated carbocycles. The van der Waals surface area contributed by atoms with Crippen LogP contribution in [0.4, 0.5) is 10.2 Å². The van der Waals surface area contributed by atoms with E-state index in [0.29, 0.717) is 28.5 Å². The van der Waals surface area contributed by atoms with Crippen LogP contribution in [0.25, 0.3) is 17.2 Å². The second-order valence-corrected chi connectivity index (χ2v) is 10.8. The Labute approximate surface area is 214 Å². The number of piperidine rings is 1. The molecule has 3 aromatic rings. The molecule has 2 atom stereocenters. The topological polar surface area (TPSA) is 82.1 Å². The Kier molecular flexibility index (Phi) is 4.53. The van der Waals surface area contributed by atoms with Crippen LogP contribution in [0.1, 0.15) is 59.2 Å². The van der Waals surface area contributed by atoms with Gasteiger partial charge in [0.15, 0.2) is 5.82 Å². The first-order valence-electron chi connectivity index (χ1n) is 13.2. The highest BCUT2D eigenvalue weighted by Crippen LogP contribution is 2.42. The number of hydrogen-bond acceptors (Lipinski definition) is 6. The van der Waals surface area contributed by atoms with Gasteiger partial charge in [-0.05, 0) is 62.2 Å². The predicted octanol–water partition coefficient (Wildman–Crippen LogP) is 4.46. The second-order valence-electron chi connectivity index (χ2n) is 10.8. The van der Waals surface area contributed by atoms with Crippen LogP contribution in [0.15, 0.2) is 47.2 Å². The van der Waals surface area contributed by atoms with E-state index in [1.54, 1.807) is 6.20 Å². The summed E-state index contributed by atoms with van der Waals surface area (Å²) in [4.78, 5) is 22.5. The summed E-state index contributed by atoms with van der Waals surface area (Å²) in [6.45, 7) is 5.99. The van der Waals surface area contributed by atoms with E-state index in [4.69, 9.17) is 15.0 Å². The van der Waals surface area contributed by atoms with Crippen LogP contribution >= 0.6 is 0 Å². The van der Waals surface area contributed by atoms with Crippen LogP contribution < -0.4 is 10.2 Å². The molecule has 37 heavy (non-hydrogen) atoms. The number of aromatic nitrogens is 3. The number of rotatable bonds is 4. The zero-order chi connectivity index (χ0) is 24.7. The standard InChI is InChI=1S/C29H28FN7/c1-16-10-17(14-36-8-3-2-4-9-36)12-18(11-16)19-13-31-29-23(24(19)30)27(34-22-15-37(22)29)28-33-21-7-5-6-20-25(32-20)26(21)35-28/h5-7,10-13,22,25,32H,2-4,8-9,14-15H2,1H3,(H,33,35). The number of allylic oxidation sites excluding steroid dienone is 2. The van der Waals surface area contributed by atoms with Crippen molar-refractivity contribution in [1.29, 1.82) is 0 Å². The number of imidazole rings is 1. The first-order valence-corrected chi connectivity index (χ1v) is 13.2. The normalized spacial score (nSPS) is 23.1. The van der Waals surface area contributed by atoms with Crippen molar-refractivity contribution in [2.45, 2.75) is 44.9 Å². The van der Waals surface area contributed by atoms with E-state index in [9.17, 15) is 0 Å². The molecule has 0 bridgehead atoms. The highest BCUT2D eigenvalue weighted by molar-refractivity contribution is 6.16. The van der Waals surface area contributed by atoms with Crippen LogP contribution in [0.5, 0.6) is 0 Å². The van der Waals surface area contributed by atoms with Crippen LogP contribution in [0.3, 0.4) is 0 Å². The number of aryl methyl sites for hydroxylation is 1. The third-order valence-electron chi connectivity index (χ3n) is 8.01. The number of aliphatic imine (C=N–C) groups is 1. The number of anilines is 1. The first-order chi connectivity index (χ1) is 18.1. The summed E-state index contributed by atoms with van der Waals surface area (Å²) in [5.41, 5.74) is 7.76. The van der Waals surface area contributed by atoms with E-state index in [1.807, 2.05) is 17.1 Å². The van der Waals surface area contributed by atoms with Gasteiger partial charge < -0.3 is 15.2 Å². The number of fused-ring (bicyclic) bond motifs is 6. The van der Waals surface area contributed by atoms with Crippen LogP contribution in [0, 0.1) is 12.7 Å². The van der Waals surface area contributed by atoms with E-state index in [1.165, 1.54) is 30.5 Å². The molecule has 3 saturated heterocycles. The molecule has 2 unspecified atom stereocenters. The minimum Gasteiger partial charge on any atom is -0.373 e. The van der Waals surface area contributed by atoms with Crippen molar-refractivity contribution in [1.82, 2.24) is 25.2 Å². The van der Waals surface area contributed by atoms with Crippen LogP contribution in [-0.4, -0.2) is 51.4 Å². The molecule has 3 fully saturated rings. The summed E-state index contributed by atoms with van der Waals surface area (Å²) in [6, 6.07) is 6.54. The molecule has 0 radical (unpaired) electrons. The number of nitrogens with zero attached hydrogens (tertiary/aromatic N) is 5. The summed E-state index contributed by atoms with van der Waals surface area (Å²) in [7, 11) is 0. The molecule has 1 aromatic carbocycles. The third-order valence-corrected chi connectivity index (χ3v) is 8.01. The number of H-pyrrole nitrogens is 1. The lowest BCUT2D eigenvalue weighted by Crippen LogP contribution is -2.29. The predicted molar refractivity (Wildman–Crippen MR) is 142 cm³/mol. The molecule has 2 aromatic heterocycles. The highest BCUT2D eigenvalue weighted by atomic mass is 19.1. The van der Waals surface area contributed by atoms with Gasteiger partial charge in [0, 0.05) is 24.0 Å². The van der Waals surface area contributed by atoms with Gasteiger partial charge in [-0.15, -0.1) is 0 Å². The third kappa shape index (κ3) is 3.54. The molecule has 2 N–H and O–H groups in total. The summed E-state index contributed by atoms with van der Waals surface area (Å²) >= 11 is 0. The Hall–Kier alpha value is -3.78. The maximum atomic E-state index is 16.5. The van der Waals surface area contributed by atoms with Gasteiger partial charge in [-0.25, -0.2) is 14.4 Å². The molecular formula is C29H28FN7. The van der Waals surface area contributed by atoms with Crippen molar-refractivity contribution >= 4 is 17.6 Å². The molecule has 1 aliphatic carbocycles. The largest absolute Gasteiger partial charge is 0.373 e. The zero-order valence-corrected chi connectivity index (χ0v) is 20.8. The molecule has 186 valence electrons. The molecule has 5 aliphatic rings. The van der Waals surface area contributed by atoms with Crippen molar-refractivity contribution in [2.24, 2.45) is 4.99 Å². The van der Waals surface area contributed by atoms with E-state index in [0.717, 1.165) is 48.7 Å². The van der Waals surface area contributed by atoms with E-state index >= 15 is 4.39 Å². The Morgan fingerprint density at radius 1 is 1.14 bits per heavy atom. The van der Waals surface area contributed by atoms with Gasteiger partial charge in [0.2, 0.25) is 0 Å². The summed E-state index contributed by atoms with van der Waals surface area (Å²) in [5, 5.41) is 3.36. The molecule has 0 spiro atoms. The minimum absolute atomic E-state index is 0.00493. The number of benzene rings is 1. The second kappa shape index (κ2) is 7.86. The summed E-state index contributed by atoms with van der Waals surface area (Å²) in [5.74, 6) is 0.978. The van der Waals surface area contributed by atoms with Gasteiger partial charge in [0.1, 0.15) is 29.6 Å². The number of aromatic amines is 1. The maximum absolute atomic E-state index is 16.5. The fourth-order valence-electron chi connectivity index (χ4n) is 6.05. The van der Waals surface area contributed by atoms with Gasteiger partial charge in [-0.2, -0.15) is 0 Å². The Morgan fingerprint density at radius 3 is 2.92 bits per heavy atom. The number of pyridine rings is 1. The molecule has 8 rings (SSSR count). The van der Waals surface area contributed by atoms with Crippen molar-refractivity contribution in [2.75, 3.05) is 24.5 Å². The average molecular weight is 494 g/mol. The molecule has 6 heterocycles. The molecule has 4 aliphatic heterocycles. The number of halogens is 1. The Morgan fingerprint density at radius 2 is 2.03 bits per heavy atom. The quantitative estimate of drug-likeness (QED) is 0.525. The van der Waals surface area contributed by atoms with E-state index < -0.39 is 0 Å². The number of hydrogen-bond donors (Lipinski definition) is 2. The molecule has 8 heteroatoms. The van der Waals surface area contributed by atoms with Gasteiger partial charge in [0.25, 0.3) is 0 Å². The summed E-state index contributed by atoms with van der Waals surface area (Å²) in [6.07, 6.45) is 11.6. The van der Waals surface area contributed by atoms with Crippen molar-refractivity contribution in [3.8, 4) is 11.1 Å². The number of nitrogens with one attached hydrogen (secondary N) is 2. The SMILES string of the molecule is Cc1cc(CN2CCCCC2)cc(-c2cnc3c(c2F)C(c2nc4c([nH]2)C2NC2=CC=C4)=NC2CN32)c1. The molecule has 7 nitrogen and oxygen atoms in total. The molecule has 0 amide bonds. The van der Waals surface area contributed by atoms with Crippen LogP contribution in [0.2, 0.25) is 0 Å². The highest BCUT2D eigenvalue weighted by Gasteiger charge is 2.44. The maximum Gasteiger partial charge on any atom is 0.157 e. The van der Waals surface area contributed by atoms with Crippen molar-refractivity contribution < 1.29 is 4.39 Å². The lowest BCUT2D eigenvalue weighted by molar-refractivity contribution is 0.221. The zero-order valence-electron chi connectivity index (χ0n) is 20.8. The summed E-state index contributed by atoms with van der Waals surface area (Å²) < 4.78 is 16.5. The lowest BCUT2D eigenvalue weighted by Gasteiger charge is -2.26. The first kappa shape index (κ1) is 21.3. The van der Waals surface area contributed by atoms with Gasteiger partial charge in [0.05, 0.1) is 23.5 Å². The van der Waals surface area contributed by atoms with Crippen LogP contribution in [-0.2, 0) is 6.54 Å². The van der Waals surface area contributed by atoms with Gasteiger partial charge in [-0.3, -0.25) is 9.89 Å². The Bertz CT molecular complexity index is 1540. The van der Waals surface area contributed by atoms with Crippen molar-refractivity contribution in [3.63, 3.8) is 0 Å². The lowest BCUT2D eigenvalue weighted by atomic mass is 9.97. The number of likely N-dealkylation sites (tertiary alicyclic amines) is 1. The van der Waals surface area contributed by atoms with Gasteiger partial charge in [-0.1, -0.05) is 30.2 Å². The smallest absolute Gasteiger partial charge is 0.157 e. The minimum atomic E-state index is -0.282. The average Bonchev–Trinajstić information content (AvgIpc) is 3.80. The van der Waals surface area contributed by atoms with Crippen molar-refractivity contribution in [3.05, 3.63) is 82.0 Å². The fourth-order valence-corrected chi connectivity index (χ4v) is 6.05. The fraction of sp³-hybridized carbons (Fsp3) is 0.345. The Balaban J connectivity index is 1.20. The monoisotopic (exact) mass is 493 g/mol.